The van der Waals surface area contributed by atoms with Crippen molar-refractivity contribution in [1.29, 1.82) is 0 Å². The topological polar surface area (TPSA) is 56.7 Å². The van der Waals surface area contributed by atoms with Crippen LogP contribution in [0.1, 0.15) is 57.0 Å². The summed E-state index contributed by atoms with van der Waals surface area (Å²) in [6.07, 6.45) is 2.59. The zero-order valence-corrected chi connectivity index (χ0v) is 10.8. The summed E-state index contributed by atoms with van der Waals surface area (Å²) in [5, 5.41) is 8.33. The number of hydrogen-bond acceptors (Lipinski definition) is 3. The molecule has 1 aliphatic rings. The minimum absolute atomic E-state index is 0.340. The molecule has 2 N–H and O–H groups in total. The molecule has 1 atom stereocenters. The number of aromatic nitrogens is 3. The van der Waals surface area contributed by atoms with Gasteiger partial charge in [0.15, 0.2) is 0 Å². The Hall–Kier alpha value is -0.970. The average Bonchev–Trinajstić information content (AvgIpc) is 2.94. The molecule has 0 spiro atoms. The minimum Gasteiger partial charge on any atom is -0.388 e. The largest absolute Gasteiger partial charge is 0.388 e. The molecule has 1 saturated carbocycles. The molecule has 0 bridgehead atoms. The van der Waals surface area contributed by atoms with Crippen molar-refractivity contribution in [3.05, 3.63) is 11.4 Å². The van der Waals surface area contributed by atoms with Crippen LogP contribution in [0, 0.1) is 5.92 Å². The second-order valence-electron chi connectivity index (χ2n) is 4.86. The van der Waals surface area contributed by atoms with E-state index in [9.17, 15) is 0 Å². The van der Waals surface area contributed by atoms with Crippen molar-refractivity contribution < 1.29 is 0 Å². The Bertz CT molecular complexity index is 406. The number of rotatable bonds is 4. The fourth-order valence-electron chi connectivity index (χ4n) is 2.09. The van der Waals surface area contributed by atoms with E-state index in [-0.39, 0.29) is 0 Å². The van der Waals surface area contributed by atoms with Crippen LogP contribution in [-0.4, -0.2) is 20.0 Å². The Balaban J connectivity index is 2.40. The predicted octanol–water partition coefficient (Wildman–Crippen LogP) is 2.01. The Morgan fingerprint density at radius 2 is 2.06 bits per heavy atom. The Morgan fingerprint density at radius 3 is 2.50 bits per heavy atom. The summed E-state index contributed by atoms with van der Waals surface area (Å²) in [4.78, 5) is 0.345. The smallest absolute Gasteiger partial charge is 0.143 e. The van der Waals surface area contributed by atoms with Gasteiger partial charge < -0.3 is 5.73 Å². The predicted molar refractivity (Wildman–Crippen MR) is 67.4 cm³/mol. The molecular weight excluding hydrogens is 220 g/mol. The average molecular weight is 238 g/mol. The molecule has 0 saturated heterocycles. The van der Waals surface area contributed by atoms with Gasteiger partial charge in [0, 0.05) is 0 Å². The summed E-state index contributed by atoms with van der Waals surface area (Å²) < 4.78 is 2.01. The third kappa shape index (κ3) is 1.96. The quantitative estimate of drug-likeness (QED) is 0.815. The second kappa shape index (κ2) is 4.13. The zero-order valence-electron chi connectivity index (χ0n) is 9.97. The van der Waals surface area contributed by atoms with Crippen LogP contribution in [-0.2, 0) is 0 Å². The summed E-state index contributed by atoms with van der Waals surface area (Å²) in [5.41, 5.74) is 7.44. The van der Waals surface area contributed by atoms with Gasteiger partial charge in [0.1, 0.15) is 10.7 Å². The van der Waals surface area contributed by atoms with Crippen molar-refractivity contribution in [2.75, 3.05) is 0 Å². The summed E-state index contributed by atoms with van der Waals surface area (Å²) in [6.45, 7) is 6.44. The van der Waals surface area contributed by atoms with E-state index in [1.807, 2.05) is 4.68 Å². The van der Waals surface area contributed by atoms with Gasteiger partial charge in [-0.05, 0) is 31.6 Å². The minimum atomic E-state index is 0.340. The molecule has 16 heavy (non-hydrogen) atoms. The van der Waals surface area contributed by atoms with E-state index < -0.39 is 0 Å². The highest BCUT2D eigenvalue weighted by Gasteiger charge is 2.32. The third-order valence-electron chi connectivity index (χ3n) is 3.20. The lowest BCUT2D eigenvalue weighted by molar-refractivity contribution is 0.409. The number of nitrogens with zero attached hydrogens (tertiary/aromatic N) is 3. The van der Waals surface area contributed by atoms with Gasteiger partial charge in [-0.15, -0.1) is 5.10 Å². The van der Waals surface area contributed by atoms with Crippen LogP contribution >= 0.6 is 12.2 Å². The normalized spacial score (nSPS) is 17.8. The molecule has 1 aliphatic carbocycles. The second-order valence-corrected chi connectivity index (χ2v) is 5.30. The third-order valence-corrected chi connectivity index (χ3v) is 3.39. The lowest BCUT2D eigenvalue weighted by Gasteiger charge is -2.16. The molecule has 0 aromatic carbocycles. The molecule has 1 aromatic heterocycles. The summed E-state index contributed by atoms with van der Waals surface area (Å²) in [6, 6.07) is 0.410. The van der Waals surface area contributed by atoms with Crippen LogP contribution in [0.25, 0.3) is 0 Å². The highest BCUT2D eigenvalue weighted by Crippen LogP contribution is 2.40. The van der Waals surface area contributed by atoms with Gasteiger partial charge >= 0.3 is 0 Å². The molecule has 2 rings (SSSR count). The molecular formula is C11H18N4S. The summed E-state index contributed by atoms with van der Waals surface area (Å²) >= 11 is 5.01. The van der Waals surface area contributed by atoms with Crippen LogP contribution in [0.15, 0.2) is 0 Å². The van der Waals surface area contributed by atoms with Gasteiger partial charge in [-0.2, -0.15) is 0 Å². The van der Waals surface area contributed by atoms with Gasteiger partial charge in [0.05, 0.1) is 11.7 Å². The first-order valence-corrected chi connectivity index (χ1v) is 6.18. The van der Waals surface area contributed by atoms with Crippen molar-refractivity contribution >= 4 is 17.2 Å². The number of hydrogen-bond donors (Lipinski definition) is 1. The number of nitrogens with two attached hydrogens (primary N) is 1. The molecule has 1 fully saturated rings. The van der Waals surface area contributed by atoms with Crippen molar-refractivity contribution in [3.8, 4) is 0 Å². The zero-order chi connectivity index (χ0) is 11.9. The maximum absolute atomic E-state index is 5.67. The highest BCUT2D eigenvalue weighted by atomic mass is 32.1. The fraction of sp³-hybridized carbons (Fsp3) is 0.727. The van der Waals surface area contributed by atoms with Crippen LogP contribution in [0.5, 0.6) is 0 Å². The first-order valence-electron chi connectivity index (χ1n) is 5.77. The highest BCUT2D eigenvalue weighted by molar-refractivity contribution is 7.80. The first kappa shape index (κ1) is 11.5. The monoisotopic (exact) mass is 238 g/mol. The molecule has 0 aliphatic heterocycles. The van der Waals surface area contributed by atoms with Gasteiger partial charge in [0.2, 0.25) is 0 Å². The van der Waals surface area contributed by atoms with Crippen molar-refractivity contribution in [2.24, 2.45) is 11.7 Å². The van der Waals surface area contributed by atoms with Crippen LogP contribution in [0.4, 0.5) is 0 Å². The molecule has 1 unspecified atom stereocenters. The molecule has 4 nitrogen and oxygen atoms in total. The molecule has 0 radical (unpaired) electrons. The van der Waals surface area contributed by atoms with E-state index in [2.05, 4.69) is 31.1 Å². The summed E-state index contributed by atoms with van der Waals surface area (Å²) in [7, 11) is 0. The molecule has 0 amide bonds. The Labute approximate surface area is 101 Å². The Kier molecular flexibility index (Phi) is 2.97. The number of thiocarbonyl (C=S) groups is 1. The van der Waals surface area contributed by atoms with Crippen LogP contribution < -0.4 is 5.73 Å². The van der Waals surface area contributed by atoms with Crippen molar-refractivity contribution in [2.45, 2.75) is 45.6 Å². The summed E-state index contributed by atoms with van der Waals surface area (Å²) in [5.74, 6) is 1.09. The maximum Gasteiger partial charge on any atom is 0.143 e. The van der Waals surface area contributed by atoms with Crippen molar-refractivity contribution in [1.82, 2.24) is 15.0 Å². The molecule has 1 heterocycles. The van der Waals surface area contributed by atoms with E-state index >= 15 is 0 Å². The van der Waals surface area contributed by atoms with Crippen LogP contribution in [0.2, 0.25) is 0 Å². The van der Waals surface area contributed by atoms with Gasteiger partial charge in [-0.1, -0.05) is 31.3 Å². The standard InChI is InChI=1S/C11H18N4S/c1-6(2)10-9(11(12)16)13-14-15(10)7(3)8-4-5-8/h6-8H,4-5H2,1-3H3,(H2,12,16). The molecule has 5 heteroatoms. The molecule has 1 aromatic rings. The van der Waals surface area contributed by atoms with Gasteiger partial charge in [-0.25, -0.2) is 4.68 Å². The van der Waals surface area contributed by atoms with E-state index in [4.69, 9.17) is 18.0 Å². The first-order chi connectivity index (χ1) is 7.52. The SMILES string of the molecule is CC(C)c1c(C(N)=S)nnn1C(C)C1CC1. The van der Waals surface area contributed by atoms with E-state index in [1.54, 1.807) is 0 Å². The van der Waals surface area contributed by atoms with E-state index in [0.29, 0.717) is 22.6 Å². The van der Waals surface area contributed by atoms with Crippen LogP contribution in [0.3, 0.4) is 0 Å². The molecule has 88 valence electrons. The van der Waals surface area contributed by atoms with E-state index in [0.717, 1.165) is 11.6 Å². The Morgan fingerprint density at radius 1 is 1.44 bits per heavy atom. The maximum atomic E-state index is 5.67. The van der Waals surface area contributed by atoms with Crippen molar-refractivity contribution in [3.63, 3.8) is 0 Å². The van der Waals surface area contributed by atoms with E-state index in [1.165, 1.54) is 12.8 Å². The van der Waals surface area contributed by atoms with Gasteiger partial charge in [0.25, 0.3) is 0 Å². The lowest BCUT2D eigenvalue weighted by atomic mass is 10.1. The fourth-order valence-corrected chi connectivity index (χ4v) is 2.24. The van der Waals surface area contributed by atoms with Gasteiger partial charge in [-0.3, -0.25) is 0 Å². The lowest BCUT2D eigenvalue weighted by Crippen LogP contribution is -2.17.